The summed E-state index contributed by atoms with van der Waals surface area (Å²) in [5.41, 5.74) is 2.03. The van der Waals surface area contributed by atoms with Gasteiger partial charge in [0.25, 0.3) is 0 Å². The molecule has 1 N–H and O–H groups in total. The van der Waals surface area contributed by atoms with Crippen LogP contribution in [-0.2, 0) is 11.2 Å². The summed E-state index contributed by atoms with van der Waals surface area (Å²) in [5.74, 6) is 0.663. The van der Waals surface area contributed by atoms with Crippen LogP contribution in [-0.4, -0.2) is 11.8 Å². The molecule has 0 atom stereocenters. The molecule has 3 heteroatoms. The fraction of sp³-hybridized carbons (Fsp3) is 0.364. The van der Waals surface area contributed by atoms with Crippen molar-refractivity contribution in [2.45, 2.75) is 19.8 Å². The summed E-state index contributed by atoms with van der Waals surface area (Å²) in [6, 6.07) is 7.76. The smallest absolute Gasteiger partial charge is 0.224 e. The van der Waals surface area contributed by atoms with Crippen LogP contribution < -0.4 is 5.32 Å². The van der Waals surface area contributed by atoms with Gasteiger partial charge in [-0.15, -0.1) is 11.6 Å². The maximum absolute atomic E-state index is 11.1. The molecule has 14 heavy (non-hydrogen) atoms. The van der Waals surface area contributed by atoms with Gasteiger partial charge in [-0.25, -0.2) is 0 Å². The summed E-state index contributed by atoms with van der Waals surface area (Å²) in [5, 5.41) is 2.79. The molecule has 0 unspecified atom stereocenters. The van der Waals surface area contributed by atoms with Gasteiger partial charge in [0.2, 0.25) is 5.91 Å². The van der Waals surface area contributed by atoms with Crippen LogP contribution in [0.1, 0.15) is 18.9 Å². The van der Waals surface area contributed by atoms with E-state index in [9.17, 15) is 4.79 Å². The van der Waals surface area contributed by atoms with Crippen molar-refractivity contribution in [1.29, 1.82) is 0 Å². The molecule has 1 aromatic rings. The van der Waals surface area contributed by atoms with Crippen molar-refractivity contribution in [1.82, 2.24) is 0 Å². The van der Waals surface area contributed by atoms with Crippen LogP contribution in [0, 0.1) is 0 Å². The molecule has 0 radical (unpaired) electrons. The topological polar surface area (TPSA) is 29.1 Å². The van der Waals surface area contributed by atoms with Crippen molar-refractivity contribution in [3.8, 4) is 0 Å². The van der Waals surface area contributed by atoms with Gasteiger partial charge in [0.15, 0.2) is 0 Å². The number of carbonyl (C=O) groups is 1. The zero-order chi connectivity index (χ0) is 10.4. The normalized spacial score (nSPS) is 9.86. The third kappa shape index (κ3) is 3.38. The number of carbonyl (C=O) groups excluding carboxylic acids is 1. The predicted octanol–water partition coefficient (Wildman–Crippen LogP) is 2.82. The number of amides is 1. The highest BCUT2D eigenvalue weighted by Gasteiger charge is 1.98. The summed E-state index contributed by atoms with van der Waals surface area (Å²) in [7, 11) is 0. The number of rotatable bonds is 4. The van der Waals surface area contributed by atoms with E-state index in [2.05, 4.69) is 5.32 Å². The SMILES string of the molecule is CCC(=O)Nc1ccc(CCCl)cc1. The molecule has 1 rings (SSSR count). The van der Waals surface area contributed by atoms with Crippen LogP contribution in [0.4, 0.5) is 5.69 Å². The summed E-state index contributed by atoms with van der Waals surface area (Å²) < 4.78 is 0. The molecule has 0 bridgehead atoms. The zero-order valence-corrected chi connectivity index (χ0v) is 8.97. The second kappa shape index (κ2) is 5.66. The number of alkyl halides is 1. The Morgan fingerprint density at radius 3 is 2.50 bits per heavy atom. The van der Waals surface area contributed by atoms with E-state index < -0.39 is 0 Å². The summed E-state index contributed by atoms with van der Waals surface area (Å²) in [6.45, 7) is 1.83. The van der Waals surface area contributed by atoms with Crippen molar-refractivity contribution in [2.75, 3.05) is 11.2 Å². The highest BCUT2D eigenvalue weighted by atomic mass is 35.5. The highest BCUT2D eigenvalue weighted by Crippen LogP contribution is 2.10. The van der Waals surface area contributed by atoms with Crippen LogP contribution in [0.2, 0.25) is 0 Å². The molecular weight excluding hydrogens is 198 g/mol. The number of hydrogen-bond acceptors (Lipinski definition) is 1. The van der Waals surface area contributed by atoms with Crippen LogP contribution in [0.5, 0.6) is 0 Å². The van der Waals surface area contributed by atoms with Crippen LogP contribution >= 0.6 is 11.6 Å². The second-order valence-electron chi connectivity index (χ2n) is 3.04. The third-order valence-electron chi connectivity index (χ3n) is 1.94. The summed E-state index contributed by atoms with van der Waals surface area (Å²) >= 11 is 5.61. The Morgan fingerprint density at radius 1 is 1.36 bits per heavy atom. The Hall–Kier alpha value is -1.02. The summed E-state index contributed by atoms with van der Waals surface area (Å²) in [6.07, 6.45) is 1.37. The first-order valence-electron chi connectivity index (χ1n) is 4.71. The van der Waals surface area contributed by atoms with Crippen LogP contribution in [0.15, 0.2) is 24.3 Å². The molecule has 1 amide bonds. The van der Waals surface area contributed by atoms with E-state index in [0.29, 0.717) is 12.3 Å². The van der Waals surface area contributed by atoms with E-state index in [1.807, 2.05) is 31.2 Å². The third-order valence-corrected chi connectivity index (χ3v) is 2.13. The molecule has 76 valence electrons. The van der Waals surface area contributed by atoms with Crippen molar-refractivity contribution in [2.24, 2.45) is 0 Å². The van der Waals surface area contributed by atoms with Gasteiger partial charge in [-0.2, -0.15) is 0 Å². The molecule has 0 fully saturated rings. The zero-order valence-electron chi connectivity index (χ0n) is 8.22. The minimum atomic E-state index is 0.0371. The van der Waals surface area contributed by atoms with Gasteiger partial charge in [-0.1, -0.05) is 19.1 Å². The van der Waals surface area contributed by atoms with E-state index in [4.69, 9.17) is 11.6 Å². The summed E-state index contributed by atoms with van der Waals surface area (Å²) in [4.78, 5) is 11.1. The quantitative estimate of drug-likeness (QED) is 0.763. The van der Waals surface area contributed by atoms with Crippen LogP contribution in [0.25, 0.3) is 0 Å². The second-order valence-corrected chi connectivity index (χ2v) is 3.42. The molecule has 0 aliphatic heterocycles. The Morgan fingerprint density at radius 2 is 2.00 bits per heavy atom. The lowest BCUT2D eigenvalue weighted by molar-refractivity contribution is -0.115. The lowest BCUT2D eigenvalue weighted by atomic mass is 10.1. The van der Waals surface area contributed by atoms with Crippen molar-refractivity contribution >= 4 is 23.2 Å². The number of aryl methyl sites for hydroxylation is 1. The molecule has 0 heterocycles. The Bertz CT molecular complexity index is 295. The van der Waals surface area contributed by atoms with Crippen LogP contribution in [0.3, 0.4) is 0 Å². The Kier molecular flexibility index (Phi) is 4.47. The van der Waals surface area contributed by atoms with E-state index in [0.717, 1.165) is 12.1 Å². The first-order valence-corrected chi connectivity index (χ1v) is 5.24. The largest absolute Gasteiger partial charge is 0.326 e. The number of benzene rings is 1. The van der Waals surface area contributed by atoms with Gasteiger partial charge in [0.05, 0.1) is 0 Å². The molecule has 0 aromatic heterocycles. The van der Waals surface area contributed by atoms with Gasteiger partial charge in [0, 0.05) is 18.0 Å². The average molecular weight is 212 g/mol. The van der Waals surface area contributed by atoms with Gasteiger partial charge in [0.1, 0.15) is 0 Å². The molecule has 0 saturated carbocycles. The van der Waals surface area contributed by atoms with E-state index in [-0.39, 0.29) is 5.91 Å². The molecule has 0 aliphatic rings. The highest BCUT2D eigenvalue weighted by molar-refractivity contribution is 6.17. The molecule has 0 saturated heterocycles. The van der Waals surface area contributed by atoms with E-state index in [1.165, 1.54) is 5.56 Å². The number of nitrogens with one attached hydrogen (secondary N) is 1. The predicted molar refractivity (Wildman–Crippen MR) is 59.8 cm³/mol. The van der Waals surface area contributed by atoms with Gasteiger partial charge < -0.3 is 5.32 Å². The standard InChI is InChI=1S/C11H14ClNO/c1-2-11(14)13-10-5-3-9(4-6-10)7-8-12/h3-6H,2,7-8H2,1H3,(H,13,14). The minimum Gasteiger partial charge on any atom is -0.326 e. The number of anilines is 1. The Labute approximate surface area is 89.3 Å². The molecular formula is C11H14ClNO. The fourth-order valence-corrected chi connectivity index (χ4v) is 1.33. The number of halogens is 1. The lowest BCUT2D eigenvalue weighted by Crippen LogP contribution is -2.09. The minimum absolute atomic E-state index is 0.0371. The van der Waals surface area contributed by atoms with Crippen molar-refractivity contribution in [3.63, 3.8) is 0 Å². The fourth-order valence-electron chi connectivity index (χ4n) is 1.11. The first kappa shape index (κ1) is 11.1. The van der Waals surface area contributed by atoms with Gasteiger partial charge in [-0.3, -0.25) is 4.79 Å². The van der Waals surface area contributed by atoms with E-state index >= 15 is 0 Å². The average Bonchev–Trinajstić information content (AvgIpc) is 2.21. The monoisotopic (exact) mass is 211 g/mol. The van der Waals surface area contributed by atoms with E-state index in [1.54, 1.807) is 0 Å². The molecule has 0 aliphatic carbocycles. The molecule has 0 spiro atoms. The first-order chi connectivity index (χ1) is 6.76. The Balaban J connectivity index is 2.59. The number of hydrogen-bond donors (Lipinski definition) is 1. The van der Waals surface area contributed by atoms with Gasteiger partial charge in [-0.05, 0) is 24.1 Å². The van der Waals surface area contributed by atoms with Crippen molar-refractivity contribution in [3.05, 3.63) is 29.8 Å². The lowest BCUT2D eigenvalue weighted by Gasteiger charge is -2.04. The maximum atomic E-state index is 11.1. The van der Waals surface area contributed by atoms with Crippen molar-refractivity contribution < 1.29 is 4.79 Å². The van der Waals surface area contributed by atoms with Gasteiger partial charge >= 0.3 is 0 Å². The molecule has 2 nitrogen and oxygen atoms in total. The molecule has 1 aromatic carbocycles. The maximum Gasteiger partial charge on any atom is 0.224 e.